The summed E-state index contributed by atoms with van der Waals surface area (Å²) in [6.45, 7) is 3.41. The topological polar surface area (TPSA) is 57.2 Å². The van der Waals surface area contributed by atoms with Crippen LogP contribution in [0.3, 0.4) is 0 Å². The molecule has 4 rings (SSSR count). The monoisotopic (exact) mass is 418 g/mol. The number of benzene rings is 1. The second kappa shape index (κ2) is 9.56. The van der Waals surface area contributed by atoms with E-state index in [1.54, 1.807) is 14.2 Å². The molecule has 0 aromatic heterocycles. The highest BCUT2D eigenvalue weighted by molar-refractivity contribution is 5.41. The minimum Gasteiger partial charge on any atom is -0.468 e. The molecule has 0 aliphatic heterocycles. The van der Waals surface area contributed by atoms with E-state index in [9.17, 15) is 5.11 Å². The van der Waals surface area contributed by atoms with Gasteiger partial charge in [0.1, 0.15) is 12.5 Å². The van der Waals surface area contributed by atoms with Crippen LogP contribution in [-0.2, 0) is 20.6 Å². The number of methoxy groups -OCH3 is 2. The molecule has 0 saturated heterocycles. The van der Waals surface area contributed by atoms with Crippen molar-refractivity contribution >= 4 is 0 Å². The van der Waals surface area contributed by atoms with E-state index in [0.29, 0.717) is 36.6 Å². The van der Waals surface area contributed by atoms with Crippen LogP contribution in [0.25, 0.3) is 0 Å². The van der Waals surface area contributed by atoms with Crippen molar-refractivity contribution < 1.29 is 24.1 Å². The van der Waals surface area contributed by atoms with Gasteiger partial charge in [0.05, 0.1) is 6.10 Å². The maximum absolute atomic E-state index is 9.54. The van der Waals surface area contributed by atoms with Crippen LogP contribution >= 0.6 is 0 Å². The van der Waals surface area contributed by atoms with Gasteiger partial charge in [-0.05, 0) is 97.3 Å². The molecule has 30 heavy (non-hydrogen) atoms. The molecule has 0 bridgehead atoms. The SMILES string of the molecule is COCOc1ccc2c(c1)C[C@@H](CCCO)[C@@H]1[C@@H]2CC[C@]2(C)[C@@H](OCOC)CC[C@@H]12. The summed E-state index contributed by atoms with van der Waals surface area (Å²) in [6, 6.07) is 6.64. The highest BCUT2D eigenvalue weighted by Gasteiger charge is 2.57. The Morgan fingerprint density at radius 1 is 1.10 bits per heavy atom. The Morgan fingerprint density at radius 2 is 1.93 bits per heavy atom. The van der Waals surface area contributed by atoms with Crippen LogP contribution in [-0.4, -0.2) is 45.6 Å². The zero-order chi connectivity index (χ0) is 21.1. The summed E-state index contributed by atoms with van der Waals surface area (Å²) >= 11 is 0. The summed E-state index contributed by atoms with van der Waals surface area (Å²) in [7, 11) is 3.36. The molecule has 6 atom stereocenters. The Balaban J connectivity index is 1.62. The third-order valence-corrected chi connectivity index (χ3v) is 8.25. The lowest BCUT2D eigenvalue weighted by molar-refractivity contribution is -0.128. The molecule has 5 nitrogen and oxygen atoms in total. The molecule has 0 heterocycles. The van der Waals surface area contributed by atoms with E-state index < -0.39 is 0 Å². The molecule has 168 valence electrons. The van der Waals surface area contributed by atoms with Crippen LogP contribution in [0.15, 0.2) is 18.2 Å². The zero-order valence-corrected chi connectivity index (χ0v) is 18.8. The first-order chi connectivity index (χ1) is 14.6. The molecule has 3 aliphatic carbocycles. The van der Waals surface area contributed by atoms with Crippen LogP contribution in [0.2, 0.25) is 0 Å². The third kappa shape index (κ3) is 4.02. The highest BCUT2D eigenvalue weighted by atomic mass is 16.7. The molecule has 0 spiro atoms. The lowest BCUT2D eigenvalue weighted by atomic mass is 9.52. The van der Waals surface area contributed by atoms with Crippen molar-refractivity contribution in [1.29, 1.82) is 0 Å². The number of hydrogen-bond donors (Lipinski definition) is 1. The van der Waals surface area contributed by atoms with E-state index in [0.717, 1.165) is 31.4 Å². The Labute approximate surface area is 181 Å². The lowest BCUT2D eigenvalue weighted by Gasteiger charge is -2.53. The van der Waals surface area contributed by atoms with Crippen LogP contribution in [0.4, 0.5) is 0 Å². The molecule has 2 saturated carbocycles. The quantitative estimate of drug-likeness (QED) is 0.598. The summed E-state index contributed by atoms with van der Waals surface area (Å²) in [5.41, 5.74) is 3.19. The van der Waals surface area contributed by atoms with Crippen LogP contribution in [0.1, 0.15) is 62.5 Å². The van der Waals surface area contributed by atoms with Crippen LogP contribution < -0.4 is 4.74 Å². The minimum absolute atomic E-state index is 0.232. The van der Waals surface area contributed by atoms with Gasteiger partial charge in [-0.1, -0.05) is 13.0 Å². The molecule has 0 unspecified atom stereocenters. The maximum Gasteiger partial charge on any atom is 0.188 e. The van der Waals surface area contributed by atoms with Gasteiger partial charge in [0.25, 0.3) is 0 Å². The van der Waals surface area contributed by atoms with Crippen molar-refractivity contribution in [3.63, 3.8) is 0 Å². The summed E-state index contributed by atoms with van der Waals surface area (Å²) in [5.74, 6) is 3.46. The van der Waals surface area contributed by atoms with Crippen LogP contribution in [0.5, 0.6) is 5.75 Å². The molecule has 5 heteroatoms. The Morgan fingerprint density at radius 3 is 2.70 bits per heavy atom. The van der Waals surface area contributed by atoms with Gasteiger partial charge < -0.3 is 24.1 Å². The summed E-state index contributed by atoms with van der Waals surface area (Å²) in [4.78, 5) is 0. The summed E-state index contributed by atoms with van der Waals surface area (Å²) in [5, 5.41) is 9.54. The van der Waals surface area contributed by atoms with Gasteiger partial charge >= 0.3 is 0 Å². The van der Waals surface area contributed by atoms with E-state index in [-0.39, 0.29) is 18.8 Å². The fraction of sp³-hybridized carbons (Fsp3) is 0.760. The molecule has 1 N–H and O–H groups in total. The summed E-state index contributed by atoms with van der Waals surface area (Å²) < 4.78 is 22.2. The maximum atomic E-state index is 9.54. The fourth-order valence-corrected chi connectivity index (χ4v) is 6.99. The van der Waals surface area contributed by atoms with Gasteiger partial charge in [-0.15, -0.1) is 0 Å². The molecule has 0 amide bonds. The average Bonchev–Trinajstić information content (AvgIpc) is 3.10. The Bertz CT molecular complexity index is 707. The fourth-order valence-electron chi connectivity index (χ4n) is 6.99. The molecule has 3 aliphatic rings. The predicted molar refractivity (Wildman–Crippen MR) is 116 cm³/mol. The molecule has 2 fully saturated rings. The van der Waals surface area contributed by atoms with Gasteiger partial charge in [-0.25, -0.2) is 0 Å². The van der Waals surface area contributed by atoms with E-state index >= 15 is 0 Å². The number of hydrogen-bond acceptors (Lipinski definition) is 5. The van der Waals surface area contributed by atoms with Crippen molar-refractivity contribution in [2.75, 3.05) is 34.4 Å². The standard InChI is InChI=1S/C25H38O5/c1-25-11-10-21-20-7-6-19(29-15-27-2)14-18(20)13-17(5-4-12-26)24(21)22(25)8-9-23(25)30-16-28-3/h6-7,14,17,21-24,26H,4-5,8-13,15-16H2,1-3H3/t17-,21-,22+,23+,24-,25+/m1/s1. The van der Waals surface area contributed by atoms with Gasteiger partial charge in [0.2, 0.25) is 0 Å². The van der Waals surface area contributed by atoms with Crippen molar-refractivity contribution in [3.8, 4) is 5.75 Å². The van der Waals surface area contributed by atoms with Crippen LogP contribution in [0, 0.1) is 23.2 Å². The molecule has 1 aromatic rings. The summed E-state index contributed by atoms with van der Waals surface area (Å²) in [6.07, 6.45) is 8.16. The van der Waals surface area contributed by atoms with Crippen molar-refractivity contribution in [2.45, 2.75) is 63.9 Å². The van der Waals surface area contributed by atoms with Crippen molar-refractivity contribution in [3.05, 3.63) is 29.3 Å². The number of rotatable bonds is 9. The minimum atomic E-state index is 0.232. The zero-order valence-electron chi connectivity index (χ0n) is 18.8. The molecule has 0 radical (unpaired) electrons. The Kier molecular flexibility index (Phi) is 7.03. The number of aliphatic hydroxyl groups is 1. The first kappa shape index (κ1) is 22.1. The van der Waals surface area contributed by atoms with Crippen molar-refractivity contribution in [1.82, 2.24) is 0 Å². The molecule has 1 aromatic carbocycles. The van der Waals surface area contributed by atoms with E-state index in [4.69, 9.17) is 18.9 Å². The lowest BCUT2D eigenvalue weighted by Crippen LogP contribution is -2.47. The second-order valence-electron chi connectivity index (χ2n) is 9.72. The molecular weight excluding hydrogens is 380 g/mol. The average molecular weight is 419 g/mol. The highest BCUT2D eigenvalue weighted by Crippen LogP contribution is 2.63. The van der Waals surface area contributed by atoms with E-state index in [1.807, 2.05) is 0 Å². The van der Waals surface area contributed by atoms with Crippen molar-refractivity contribution in [2.24, 2.45) is 23.2 Å². The van der Waals surface area contributed by atoms with Gasteiger partial charge in [0.15, 0.2) is 6.79 Å². The van der Waals surface area contributed by atoms with Gasteiger partial charge in [0, 0.05) is 20.8 Å². The molecular formula is C25H38O5. The van der Waals surface area contributed by atoms with E-state index in [1.165, 1.54) is 30.4 Å². The predicted octanol–water partition coefficient (Wildman–Crippen LogP) is 4.51. The van der Waals surface area contributed by atoms with Gasteiger partial charge in [-0.2, -0.15) is 0 Å². The number of fused-ring (bicyclic) bond motifs is 5. The normalized spacial score (nSPS) is 34.9. The largest absolute Gasteiger partial charge is 0.468 e. The first-order valence-electron chi connectivity index (χ1n) is 11.6. The smallest absolute Gasteiger partial charge is 0.188 e. The third-order valence-electron chi connectivity index (χ3n) is 8.25. The second-order valence-corrected chi connectivity index (χ2v) is 9.72. The number of ether oxygens (including phenoxy) is 4. The van der Waals surface area contributed by atoms with E-state index in [2.05, 4.69) is 25.1 Å². The van der Waals surface area contributed by atoms with Gasteiger partial charge in [-0.3, -0.25) is 0 Å². The first-order valence-corrected chi connectivity index (χ1v) is 11.6. The number of aliphatic hydroxyl groups excluding tert-OH is 1. The Hall–Kier alpha value is -1.14.